The van der Waals surface area contributed by atoms with Crippen molar-refractivity contribution in [2.75, 3.05) is 13.2 Å². The van der Waals surface area contributed by atoms with Crippen LogP contribution in [0.2, 0.25) is 0 Å². The second-order valence-corrected chi connectivity index (χ2v) is 18.1. The molecule has 1 atom stereocenters. The van der Waals surface area contributed by atoms with Crippen molar-refractivity contribution >= 4 is 17.9 Å². The molecule has 0 aliphatic carbocycles. The molecule has 0 saturated carbocycles. The number of hydrogen-bond donors (Lipinski definition) is 0. The Morgan fingerprint density at radius 3 is 0.910 bits per heavy atom. The monoisotopic (exact) mass is 931 g/mol. The van der Waals surface area contributed by atoms with Gasteiger partial charge >= 0.3 is 17.9 Å². The number of carbonyl (C=O) groups is 3. The van der Waals surface area contributed by atoms with Gasteiger partial charge in [0, 0.05) is 19.3 Å². The molecule has 0 aromatic heterocycles. The van der Waals surface area contributed by atoms with Gasteiger partial charge in [-0.15, -0.1) is 0 Å². The largest absolute Gasteiger partial charge is 0.462 e. The summed E-state index contributed by atoms with van der Waals surface area (Å²) in [5.41, 5.74) is 0. The number of esters is 3. The quantitative estimate of drug-likeness (QED) is 0.0262. The fraction of sp³-hybridized carbons (Fsp3) is 0.689. The predicted octanol–water partition coefficient (Wildman–Crippen LogP) is 18.5. The minimum absolute atomic E-state index is 0.127. The summed E-state index contributed by atoms with van der Waals surface area (Å²) in [5.74, 6) is -1.09. The number of hydrogen-bond acceptors (Lipinski definition) is 6. The highest BCUT2D eigenvalue weighted by Gasteiger charge is 2.19. The fourth-order valence-corrected chi connectivity index (χ4v) is 7.53. The molecule has 0 bridgehead atoms. The maximum atomic E-state index is 12.8. The highest BCUT2D eigenvalue weighted by atomic mass is 16.6. The molecule has 0 fully saturated rings. The van der Waals surface area contributed by atoms with Gasteiger partial charge in [0.05, 0.1) is 0 Å². The smallest absolute Gasteiger partial charge is 0.306 e. The first-order valence-electron chi connectivity index (χ1n) is 27.7. The van der Waals surface area contributed by atoms with Crippen molar-refractivity contribution in [1.29, 1.82) is 0 Å². The lowest BCUT2D eigenvalue weighted by atomic mass is 10.0. The van der Waals surface area contributed by atoms with E-state index in [-0.39, 0.29) is 38.0 Å². The normalized spacial score (nSPS) is 12.8. The average Bonchev–Trinajstić information content (AvgIpc) is 3.33. The molecule has 0 saturated heterocycles. The van der Waals surface area contributed by atoms with Gasteiger partial charge in [0.25, 0.3) is 0 Å². The molecule has 0 aromatic carbocycles. The third kappa shape index (κ3) is 53.2. The van der Waals surface area contributed by atoms with Crippen molar-refractivity contribution in [2.24, 2.45) is 0 Å². The molecule has 0 rings (SSSR count). The van der Waals surface area contributed by atoms with Crippen LogP contribution in [0.3, 0.4) is 0 Å². The van der Waals surface area contributed by atoms with Gasteiger partial charge in [0.15, 0.2) is 6.10 Å². The van der Waals surface area contributed by atoms with Crippen LogP contribution < -0.4 is 0 Å². The van der Waals surface area contributed by atoms with Crippen LogP contribution in [0, 0.1) is 0 Å². The third-order valence-corrected chi connectivity index (χ3v) is 11.6. The van der Waals surface area contributed by atoms with Crippen molar-refractivity contribution in [3.05, 3.63) is 97.2 Å². The van der Waals surface area contributed by atoms with E-state index >= 15 is 0 Å². The lowest BCUT2D eigenvalue weighted by molar-refractivity contribution is -0.166. The molecule has 0 aliphatic rings. The van der Waals surface area contributed by atoms with Crippen LogP contribution in [-0.4, -0.2) is 37.2 Å². The van der Waals surface area contributed by atoms with Gasteiger partial charge in [-0.3, -0.25) is 14.4 Å². The molecule has 67 heavy (non-hydrogen) atoms. The fourth-order valence-electron chi connectivity index (χ4n) is 7.53. The molecule has 0 heterocycles. The Labute approximate surface area is 413 Å². The molecule has 0 N–H and O–H groups in total. The molecule has 0 spiro atoms. The van der Waals surface area contributed by atoms with Crippen LogP contribution in [-0.2, 0) is 28.6 Å². The summed E-state index contributed by atoms with van der Waals surface area (Å²) < 4.78 is 16.7. The van der Waals surface area contributed by atoms with Crippen molar-refractivity contribution < 1.29 is 28.6 Å². The molecule has 0 radical (unpaired) electrons. The number of allylic oxidation sites excluding steroid dienone is 16. The molecule has 1 unspecified atom stereocenters. The molecular weight excluding hydrogens is 829 g/mol. The lowest BCUT2D eigenvalue weighted by Crippen LogP contribution is -2.30. The van der Waals surface area contributed by atoms with E-state index in [1.807, 2.05) is 24.3 Å². The first-order valence-corrected chi connectivity index (χ1v) is 27.7. The van der Waals surface area contributed by atoms with Gasteiger partial charge in [-0.1, -0.05) is 259 Å². The molecule has 0 aliphatic heterocycles. The number of unbranched alkanes of at least 4 members (excludes halogenated alkanes) is 22. The third-order valence-electron chi connectivity index (χ3n) is 11.6. The Morgan fingerprint density at radius 1 is 0.313 bits per heavy atom. The van der Waals surface area contributed by atoms with Gasteiger partial charge in [0.2, 0.25) is 0 Å². The van der Waals surface area contributed by atoms with Crippen LogP contribution in [0.4, 0.5) is 0 Å². The van der Waals surface area contributed by atoms with E-state index in [1.165, 1.54) is 128 Å². The summed E-state index contributed by atoms with van der Waals surface area (Å²) >= 11 is 0. The second-order valence-electron chi connectivity index (χ2n) is 18.1. The molecule has 382 valence electrons. The minimum Gasteiger partial charge on any atom is -0.462 e. The topological polar surface area (TPSA) is 78.9 Å². The predicted molar refractivity (Wildman–Crippen MR) is 288 cm³/mol. The van der Waals surface area contributed by atoms with Gasteiger partial charge in [-0.2, -0.15) is 0 Å². The number of carbonyl (C=O) groups excluding carboxylic acids is 3. The maximum absolute atomic E-state index is 12.8. The van der Waals surface area contributed by atoms with Crippen molar-refractivity contribution in [2.45, 2.75) is 258 Å². The van der Waals surface area contributed by atoms with Crippen LogP contribution >= 0.6 is 0 Å². The lowest BCUT2D eigenvalue weighted by Gasteiger charge is -2.18. The number of rotatable bonds is 49. The van der Waals surface area contributed by atoms with Gasteiger partial charge in [0.1, 0.15) is 13.2 Å². The zero-order valence-electron chi connectivity index (χ0n) is 43.6. The number of ether oxygens (including phenoxy) is 3. The standard InChI is InChI=1S/C61H102O6/c1-4-7-10-13-16-19-22-25-26-27-28-29-30-31-32-33-34-37-39-42-45-48-51-54-60(63)66-57-58(67-61(64)55-52-49-46-43-40-36-24-21-18-15-12-9-6-3)56-65-59(62)53-50-47-44-41-38-35-23-20-17-14-11-8-5-2/h8-9,11-12,17-18,20-21,35-36,38,40,44,46-47,49,58H,4-7,10,13-16,19,22-34,37,39,41-43,45,48,50-57H2,1-3H3/b11-8-,12-9-,20-17-,21-18-,38-35-,40-36-,47-44-,49-46-. The summed E-state index contributed by atoms with van der Waals surface area (Å²) in [6.07, 6.45) is 73.0. The molecular formula is C61H102O6. The van der Waals surface area contributed by atoms with Gasteiger partial charge in [-0.05, 0) is 70.6 Å². The van der Waals surface area contributed by atoms with Gasteiger partial charge < -0.3 is 14.2 Å². The summed E-state index contributed by atoms with van der Waals surface area (Å²) in [4.78, 5) is 37.9. The highest BCUT2D eigenvalue weighted by molar-refractivity contribution is 5.71. The Kier molecular flexibility index (Phi) is 51.9. The second kappa shape index (κ2) is 54.9. The first-order chi connectivity index (χ1) is 33.0. The Bertz CT molecular complexity index is 1350. The Balaban J connectivity index is 4.37. The van der Waals surface area contributed by atoms with E-state index < -0.39 is 12.1 Å². The average molecular weight is 931 g/mol. The van der Waals surface area contributed by atoms with E-state index in [9.17, 15) is 14.4 Å². The first kappa shape index (κ1) is 63.3. The van der Waals surface area contributed by atoms with Crippen molar-refractivity contribution in [3.63, 3.8) is 0 Å². The van der Waals surface area contributed by atoms with E-state index in [4.69, 9.17) is 14.2 Å². The summed E-state index contributed by atoms with van der Waals surface area (Å²) in [5, 5.41) is 0. The molecule has 0 aromatic rings. The van der Waals surface area contributed by atoms with Gasteiger partial charge in [-0.25, -0.2) is 0 Å². The van der Waals surface area contributed by atoms with Crippen molar-refractivity contribution in [3.8, 4) is 0 Å². The molecule has 6 heteroatoms. The van der Waals surface area contributed by atoms with E-state index in [0.29, 0.717) is 19.3 Å². The highest BCUT2D eigenvalue weighted by Crippen LogP contribution is 2.16. The minimum atomic E-state index is -0.843. The van der Waals surface area contributed by atoms with Crippen LogP contribution in [0.1, 0.15) is 252 Å². The maximum Gasteiger partial charge on any atom is 0.306 e. The Hall–Kier alpha value is -3.67. The van der Waals surface area contributed by atoms with Crippen LogP contribution in [0.5, 0.6) is 0 Å². The van der Waals surface area contributed by atoms with E-state index in [0.717, 1.165) is 70.6 Å². The van der Waals surface area contributed by atoms with E-state index in [1.54, 1.807) is 0 Å². The SMILES string of the molecule is CC/C=C\C/C=C\C/C=C\C/C=C\CCC(=O)OCC(COC(=O)CCCCCCCCCCCCCCCCCCCCCCCCC)OC(=O)CC/C=C\C/C=C\C/C=C\C/C=C\CC. The van der Waals surface area contributed by atoms with E-state index in [2.05, 4.69) is 93.7 Å². The molecule has 6 nitrogen and oxygen atoms in total. The zero-order valence-corrected chi connectivity index (χ0v) is 43.6. The van der Waals surface area contributed by atoms with Crippen molar-refractivity contribution in [1.82, 2.24) is 0 Å². The van der Waals surface area contributed by atoms with Crippen LogP contribution in [0.15, 0.2) is 97.2 Å². The zero-order chi connectivity index (χ0) is 48.6. The van der Waals surface area contributed by atoms with Crippen LogP contribution in [0.25, 0.3) is 0 Å². The summed E-state index contributed by atoms with van der Waals surface area (Å²) in [6.45, 7) is 6.29. The summed E-state index contributed by atoms with van der Waals surface area (Å²) in [6, 6.07) is 0. The molecule has 0 amide bonds. The Morgan fingerprint density at radius 2 is 0.582 bits per heavy atom. The summed E-state index contributed by atoms with van der Waals surface area (Å²) in [7, 11) is 0.